The molecule has 0 aliphatic carbocycles. The highest BCUT2D eigenvalue weighted by molar-refractivity contribution is 5.93. The number of amides is 1. The zero-order chi connectivity index (χ0) is 18.7. The van der Waals surface area contributed by atoms with E-state index in [1.807, 2.05) is 0 Å². The number of primary amides is 1. The molecule has 0 radical (unpaired) electrons. The Hall–Kier alpha value is -2.73. The van der Waals surface area contributed by atoms with E-state index in [4.69, 9.17) is 37.6 Å². The molecule has 0 aromatic rings. The Morgan fingerprint density at radius 2 is 1.13 bits per heavy atom. The molecule has 0 bridgehead atoms. The minimum absolute atomic E-state index is 0.0213. The Morgan fingerprint density at radius 3 is 1.39 bits per heavy atom. The van der Waals surface area contributed by atoms with Crippen LogP contribution in [0.5, 0.6) is 0 Å². The maximum Gasteiger partial charge on any atom is 0.320 e. The number of hydrogen-bond donors (Lipinski definition) is 7. The molecule has 23 heavy (non-hydrogen) atoms. The van der Waals surface area contributed by atoms with Crippen LogP contribution < -0.4 is 17.2 Å². The second kappa shape index (κ2) is 10.9. The topological polar surface area (TPSA) is 244 Å². The molecule has 0 aromatic carbocycles. The third-order valence-corrected chi connectivity index (χ3v) is 2.42. The molecule has 0 saturated carbocycles. The molecule has 0 aliphatic heterocycles. The van der Waals surface area contributed by atoms with Gasteiger partial charge < -0.3 is 37.6 Å². The summed E-state index contributed by atoms with van der Waals surface area (Å²) in [6.45, 7) is 0. The Balaban J connectivity index is 0. The largest absolute Gasteiger partial charge is 0.481 e. The summed E-state index contributed by atoms with van der Waals surface area (Å²) in [5, 5.41) is 33.2. The first-order chi connectivity index (χ1) is 10.4. The van der Waals surface area contributed by atoms with Crippen molar-refractivity contribution in [3.8, 4) is 0 Å². The highest BCUT2D eigenvalue weighted by Gasteiger charge is 2.30. The van der Waals surface area contributed by atoms with Gasteiger partial charge in [-0.05, 0) is 12.8 Å². The van der Waals surface area contributed by atoms with Gasteiger partial charge in [-0.25, -0.2) is 0 Å². The number of nitrogens with two attached hydrogens (primary N) is 3. The smallest absolute Gasteiger partial charge is 0.320 e. The van der Waals surface area contributed by atoms with Crippen molar-refractivity contribution in [1.82, 2.24) is 0 Å². The molecule has 0 aliphatic rings. The molecule has 0 spiro atoms. The highest BCUT2D eigenvalue weighted by Crippen LogP contribution is 2.06. The predicted octanol–water partition coefficient (Wildman–Crippen LogP) is -2.76. The minimum Gasteiger partial charge on any atom is -0.481 e. The first-order valence-corrected chi connectivity index (χ1v) is 6.10. The van der Waals surface area contributed by atoms with Crippen molar-refractivity contribution in [2.45, 2.75) is 31.3 Å². The molecule has 0 heterocycles. The Morgan fingerprint density at radius 1 is 0.739 bits per heavy atom. The van der Waals surface area contributed by atoms with Gasteiger partial charge in [-0.15, -0.1) is 0 Å². The molecule has 12 heteroatoms. The summed E-state index contributed by atoms with van der Waals surface area (Å²) >= 11 is 0. The standard InChI is InChI=1S/C6H9NO6.C5H10N2O3/c7-3(6(12)13)1-2(4(8)9)5(10)11;6-3(5(9)10)1-2-4(7)8/h2-3H,1,7H2,(H,8,9)(H,10,11)(H,12,13);3H,1-2,6H2,(H2,7,8)(H,9,10)/t2*3-/m00/s1. The van der Waals surface area contributed by atoms with E-state index in [1.54, 1.807) is 0 Å². The minimum atomic E-state index is -1.77. The fraction of sp³-hybridized carbons (Fsp3) is 0.545. The van der Waals surface area contributed by atoms with E-state index in [0.717, 1.165) is 0 Å². The van der Waals surface area contributed by atoms with Gasteiger partial charge in [-0.1, -0.05) is 0 Å². The van der Waals surface area contributed by atoms with Crippen molar-refractivity contribution in [1.29, 1.82) is 0 Å². The molecular weight excluding hydrogens is 318 g/mol. The zero-order valence-corrected chi connectivity index (χ0v) is 11.9. The fourth-order valence-corrected chi connectivity index (χ4v) is 1.08. The molecule has 12 nitrogen and oxygen atoms in total. The van der Waals surface area contributed by atoms with Gasteiger partial charge in [0, 0.05) is 6.42 Å². The summed E-state index contributed by atoms with van der Waals surface area (Å²) in [6.07, 6.45) is -0.502. The SMILES string of the molecule is NC(=O)CC[C@H](N)C(=O)O.N[C@@H](CC(C(=O)O)C(=O)O)C(=O)O. The molecule has 0 fully saturated rings. The number of rotatable bonds is 9. The third-order valence-electron chi connectivity index (χ3n) is 2.42. The van der Waals surface area contributed by atoms with Gasteiger partial charge in [0.05, 0.1) is 0 Å². The average molecular weight is 337 g/mol. The number of carboxylic acids is 4. The van der Waals surface area contributed by atoms with Gasteiger partial charge in [-0.3, -0.25) is 24.0 Å². The number of carboxylic acid groups (broad SMARTS) is 4. The molecule has 0 rings (SSSR count). The van der Waals surface area contributed by atoms with E-state index in [1.165, 1.54) is 0 Å². The number of carbonyl (C=O) groups is 5. The number of hydrogen-bond acceptors (Lipinski definition) is 7. The maximum absolute atomic E-state index is 10.3. The van der Waals surface area contributed by atoms with Crippen molar-refractivity contribution in [3.05, 3.63) is 0 Å². The van der Waals surface area contributed by atoms with E-state index in [-0.39, 0.29) is 12.8 Å². The summed E-state index contributed by atoms with van der Waals surface area (Å²) < 4.78 is 0. The molecular formula is C11H19N3O9. The monoisotopic (exact) mass is 337 g/mol. The zero-order valence-electron chi connectivity index (χ0n) is 11.9. The molecule has 1 amide bonds. The van der Waals surface area contributed by atoms with Crippen LogP contribution in [0.25, 0.3) is 0 Å². The van der Waals surface area contributed by atoms with Crippen LogP contribution in [0.1, 0.15) is 19.3 Å². The molecule has 0 aromatic heterocycles. The van der Waals surface area contributed by atoms with Crippen molar-refractivity contribution in [2.24, 2.45) is 23.1 Å². The number of carbonyl (C=O) groups excluding carboxylic acids is 1. The van der Waals surface area contributed by atoms with Crippen molar-refractivity contribution in [2.75, 3.05) is 0 Å². The Bertz CT molecular complexity index is 452. The third kappa shape index (κ3) is 11.6. The van der Waals surface area contributed by atoms with Gasteiger partial charge in [0.1, 0.15) is 12.1 Å². The van der Waals surface area contributed by atoms with Crippen molar-refractivity contribution >= 4 is 29.8 Å². The molecule has 132 valence electrons. The van der Waals surface area contributed by atoms with Gasteiger partial charge in [0.2, 0.25) is 5.91 Å². The van der Waals surface area contributed by atoms with Gasteiger partial charge >= 0.3 is 23.9 Å². The highest BCUT2D eigenvalue weighted by atomic mass is 16.4. The quantitative estimate of drug-likeness (QED) is 0.212. The number of aliphatic carboxylic acids is 4. The summed E-state index contributed by atoms with van der Waals surface area (Å²) in [5.74, 6) is -8.02. The second-order valence-corrected chi connectivity index (χ2v) is 4.36. The van der Waals surface area contributed by atoms with Gasteiger partial charge in [0.25, 0.3) is 0 Å². The first-order valence-electron chi connectivity index (χ1n) is 6.10. The maximum atomic E-state index is 10.3. The molecule has 10 N–H and O–H groups in total. The lowest BCUT2D eigenvalue weighted by atomic mass is 10.0. The summed E-state index contributed by atoms with van der Waals surface area (Å²) in [7, 11) is 0. The van der Waals surface area contributed by atoms with Crippen LogP contribution in [-0.4, -0.2) is 62.3 Å². The van der Waals surface area contributed by atoms with E-state index in [0.29, 0.717) is 0 Å². The first kappa shape index (κ1) is 22.5. The van der Waals surface area contributed by atoms with Crippen LogP contribution in [0, 0.1) is 5.92 Å². The van der Waals surface area contributed by atoms with Crippen LogP contribution in [0.2, 0.25) is 0 Å². The normalized spacial score (nSPS) is 12.5. The summed E-state index contributed by atoms with van der Waals surface area (Å²) in [4.78, 5) is 50.8. The summed E-state index contributed by atoms with van der Waals surface area (Å²) in [5.41, 5.74) is 14.8. The lowest BCUT2D eigenvalue weighted by molar-refractivity contribution is -0.155. The molecule has 0 saturated heterocycles. The van der Waals surface area contributed by atoms with Crippen LogP contribution >= 0.6 is 0 Å². The fourth-order valence-electron chi connectivity index (χ4n) is 1.08. The predicted molar refractivity (Wildman–Crippen MR) is 73.0 cm³/mol. The van der Waals surface area contributed by atoms with Crippen LogP contribution in [0.3, 0.4) is 0 Å². The lowest BCUT2D eigenvalue weighted by Gasteiger charge is -2.09. The van der Waals surface area contributed by atoms with Gasteiger partial charge in [-0.2, -0.15) is 0 Å². The van der Waals surface area contributed by atoms with Crippen LogP contribution in [-0.2, 0) is 24.0 Å². The molecule has 0 unspecified atom stereocenters. The van der Waals surface area contributed by atoms with E-state index in [9.17, 15) is 24.0 Å². The van der Waals surface area contributed by atoms with E-state index < -0.39 is 54.2 Å². The second-order valence-electron chi connectivity index (χ2n) is 4.36. The van der Waals surface area contributed by atoms with Crippen LogP contribution in [0.4, 0.5) is 0 Å². The van der Waals surface area contributed by atoms with E-state index in [2.05, 4.69) is 0 Å². The van der Waals surface area contributed by atoms with Crippen molar-refractivity contribution < 1.29 is 44.4 Å². The van der Waals surface area contributed by atoms with E-state index >= 15 is 0 Å². The van der Waals surface area contributed by atoms with Crippen molar-refractivity contribution in [3.63, 3.8) is 0 Å². The Kier molecular flexibility index (Phi) is 10.7. The Labute approximate surface area is 129 Å². The average Bonchev–Trinajstić information content (AvgIpc) is 2.41. The lowest BCUT2D eigenvalue weighted by Crippen LogP contribution is -2.37. The van der Waals surface area contributed by atoms with Gasteiger partial charge in [0.15, 0.2) is 5.92 Å². The van der Waals surface area contributed by atoms with Crippen LogP contribution in [0.15, 0.2) is 0 Å². The molecule has 2 atom stereocenters. The summed E-state index contributed by atoms with van der Waals surface area (Å²) in [6, 6.07) is -2.45.